The normalized spacial score (nSPS) is 11.0. The van der Waals surface area contributed by atoms with E-state index in [9.17, 15) is 9.90 Å². The van der Waals surface area contributed by atoms with Crippen molar-refractivity contribution in [2.45, 2.75) is 27.7 Å². The fourth-order valence-electron chi connectivity index (χ4n) is 2.71. The molecule has 2 N–H and O–H groups in total. The molecule has 0 spiro atoms. The maximum absolute atomic E-state index is 11.3. The molecule has 0 atom stereocenters. The first kappa shape index (κ1) is 15.1. The minimum absolute atomic E-state index is 0.0973. The number of aromatic nitrogens is 1. The minimum Gasteiger partial charge on any atom is -0.507 e. The van der Waals surface area contributed by atoms with E-state index in [1.165, 1.54) is 6.92 Å². The van der Waals surface area contributed by atoms with Crippen LogP contribution in [0, 0.1) is 20.8 Å². The quantitative estimate of drug-likeness (QED) is 0.699. The Labute approximate surface area is 134 Å². The molecule has 5 heteroatoms. The molecule has 0 aliphatic carbocycles. The molecule has 0 radical (unpaired) electrons. The van der Waals surface area contributed by atoms with Crippen molar-refractivity contribution in [2.75, 3.05) is 5.32 Å². The summed E-state index contributed by atoms with van der Waals surface area (Å²) in [6.07, 6.45) is 0. The summed E-state index contributed by atoms with van der Waals surface area (Å²) >= 11 is 0. The number of nitrogens with zero attached hydrogens (tertiary/aromatic N) is 1. The lowest BCUT2D eigenvalue weighted by Crippen LogP contribution is -2.06. The van der Waals surface area contributed by atoms with E-state index in [1.54, 1.807) is 19.1 Å². The zero-order valence-corrected chi connectivity index (χ0v) is 13.5. The number of aromatic hydroxyl groups is 1. The van der Waals surface area contributed by atoms with Crippen molar-refractivity contribution < 1.29 is 14.3 Å². The number of anilines is 1. The van der Waals surface area contributed by atoms with Crippen LogP contribution < -0.4 is 5.32 Å². The van der Waals surface area contributed by atoms with Gasteiger partial charge in [0.25, 0.3) is 0 Å². The van der Waals surface area contributed by atoms with Gasteiger partial charge in [0.15, 0.2) is 5.58 Å². The molecule has 0 saturated carbocycles. The number of oxazole rings is 1. The van der Waals surface area contributed by atoms with Gasteiger partial charge in [0.2, 0.25) is 11.8 Å². The summed E-state index contributed by atoms with van der Waals surface area (Å²) in [5.41, 5.74) is 5.24. The van der Waals surface area contributed by atoms with Gasteiger partial charge in [-0.15, -0.1) is 0 Å². The number of fused-ring (bicyclic) bond motifs is 1. The molecule has 1 heterocycles. The molecule has 0 saturated heterocycles. The Hall–Kier alpha value is -2.82. The maximum atomic E-state index is 11.3. The highest BCUT2D eigenvalue weighted by molar-refractivity contribution is 5.90. The van der Waals surface area contributed by atoms with Crippen molar-refractivity contribution in [3.8, 4) is 17.2 Å². The first-order valence-corrected chi connectivity index (χ1v) is 7.34. The van der Waals surface area contributed by atoms with Crippen molar-refractivity contribution in [3.05, 3.63) is 41.0 Å². The fraction of sp³-hybridized carbons (Fsp3) is 0.222. The molecule has 0 bridgehead atoms. The van der Waals surface area contributed by atoms with Crippen LogP contribution >= 0.6 is 0 Å². The van der Waals surface area contributed by atoms with Gasteiger partial charge >= 0.3 is 0 Å². The second-order valence-corrected chi connectivity index (χ2v) is 5.82. The summed E-state index contributed by atoms with van der Waals surface area (Å²) in [4.78, 5) is 15.8. The highest BCUT2D eigenvalue weighted by Gasteiger charge is 2.17. The van der Waals surface area contributed by atoms with Crippen LogP contribution in [0.1, 0.15) is 23.6 Å². The number of carbonyl (C=O) groups excluding carboxylic acids is 1. The first-order valence-electron chi connectivity index (χ1n) is 7.34. The molecule has 1 aromatic heterocycles. The van der Waals surface area contributed by atoms with Gasteiger partial charge in [-0.05, 0) is 55.7 Å². The van der Waals surface area contributed by atoms with Crippen LogP contribution in [-0.2, 0) is 4.79 Å². The number of phenols is 1. The summed E-state index contributed by atoms with van der Waals surface area (Å²) < 4.78 is 5.85. The van der Waals surface area contributed by atoms with E-state index in [2.05, 4.69) is 10.3 Å². The van der Waals surface area contributed by atoms with Crippen LogP contribution in [0.25, 0.3) is 22.6 Å². The number of phenolic OH excluding ortho intramolecular Hbond substituents is 1. The zero-order valence-electron chi connectivity index (χ0n) is 13.5. The molecule has 23 heavy (non-hydrogen) atoms. The second kappa shape index (κ2) is 5.43. The summed E-state index contributed by atoms with van der Waals surface area (Å²) in [5.74, 6) is 0.256. The van der Waals surface area contributed by atoms with E-state index in [0.717, 1.165) is 16.6 Å². The number of hydrogen-bond donors (Lipinski definition) is 2. The summed E-state index contributed by atoms with van der Waals surface area (Å²) in [5, 5.41) is 13.1. The van der Waals surface area contributed by atoms with Gasteiger partial charge < -0.3 is 14.8 Å². The van der Waals surface area contributed by atoms with Crippen molar-refractivity contribution in [1.29, 1.82) is 0 Å². The number of amides is 1. The number of nitrogens with one attached hydrogen (secondary N) is 1. The van der Waals surface area contributed by atoms with E-state index in [4.69, 9.17) is 4.42 Å². The SMILES string of the molecule is CC(=O)Nc1cc(C)c(O)c(-c2nc3cc(C)cc(C)c3o2)c1. The third-order valence-electron chi connectivity index (χ3n) is 3.67. The molecule has 2 aromatic carbocycles. The zero-order chi connectivity index (χ0) is 16.7. The lowest BCUT2D eigenvalue weighted by molar-refractivity contribution is -0.114. The van der Waals surface area contributed by atoms with Crippen LogP contribution in [0.4, 0.5) is 5.69 Å². The molecule has 0 aliphatic heterocycles. The smallest absolute Gasteiger partial charge is 0.231 e. The van der Waals surface area contributed by atoms with E-state index >= 15 is 0 Å². The molecule has 5 nitrogen and oxygen atoms in total. The van der Waals surface area contributed by atoms with Gasteiger partial charge in [-0.2, -0.15) is 0 Å². The van der Waals surface area contributed by atoms with Gasteiger partial charge in [-0.1, -0.05) is 6.07 Å². The number of benzene rings is 2. The molecular weight excluding hydrogens is 292 g/mol. The molecule has 118 valence electrons. The number of aryl methyl sites for hydroxylation is 3. The molecule has 0 unspecified atom stereocenters. The topological polar surface area (TPSA) is 75.4 Å². The van der Waals surface area contributed by atoms with Crippen LogP contribution in [0.15, 0.2) is 28.7 Å². The van der Waals surface area contributed by atoms with Gasteiger partial charge in [-0.3, -0.25) is 4.79 Å². The average molecular weight is 310 g/mol. The fourth-order valence-corrected chi connectivity index (χ4v) is 2.71. The predicted octanol–water partition coefficient (Wildman–Crippen LogP) is 4.08. The molecule has 3 rings (SSSR count). The third kappa shape index (κ3) is 2.77. The Balaban J connectivity index is 2.19. The van der Waals surface area contributed by atoms with E-state index in [0.29, 0.717) is 28.3 Å². The Morgan fingerprint density at radius 3 is 2.57 bits per heavy atom. The lowest BCUT2D eigenvalue weighted by atomic mass is 10.1. The molecule has 3 aromatic rings. The Kier molecular flexibility index (Phi) is 3.56. The van der Waals surface area contributed by atoms with Crippen molar-refractivity contribution >= 4 is 22.7 Å². The van der Waals surface area contributed by atoms with Crippen molar-refractivity contribution in [2.24, 2.45) is 0 Å². The molecule has 0 aliphatic rings. The molecule has 0 fully saturated rings. The molecule has 1 amide bonds. The van der Waals surface area contributed by atoms with Gasteiger partial charge in [-0.25, -0.2) is 4.98 Å². The van der Waals surface area contributed by atoms with E-state index in [-0.39, 0.29) is 11.7 Å². The Bertz CT molecular complexity index is 926. The van der Waals surface area contributed by atoms with Crippen molar-refractivity contribution in [1.82, 2.24) is 4.98 Å². The summed E-state index contributed by atoms with van der Waals surface area (Å²) in [6.45, 7) is 7.17. The standard InChI is InChI=1S/C18H18N2O3/c1-9-5-11(3)17-15(6-9)20-18(23-17)14-8-13(19-12(4)21)7-10(2)16(14)22/h5-8,22H,1-4H3,(H,19,21). The van der Waals surface area contributed by atoms with Crippen LogP contribution in [0.2, 0.25) is 0 Å². The predicted molar refractivity (Wildman–Crippen MR) is 89.6 cm³/mol. The highest BCUT2D eigenvalue weighted by atomic mass is 16.3. The minimum atomic E-state index is -0.176. The van der Waals surface area contributed by atoms with Gasteiger partial charge in [0.05, 0.1) is 5.56 Å². The average Bonchev–Trinajstić information content (AvgIpc) is 2.85. The van der Waals surface area contributed by atoms with E-state index in [1.807, 2.05) is 26.0 Å². The number of hydrogen-bond acceptors (Lipinski definition) is 4. The van der Waals surface area contributed by atoms with E-state index < -0.39 is 0 Å². The first-order chi connectivity index (χ1) is 10.8. The number of rotatable bonds is 2. The largest absolute Gasteiger partial charge is 0.507 e. The summed E-state index contributed by atoms with van der Waals surface area (Å²) in [6, 6.07) is 7.34. The second-order valence-electron chi connectivity index (χ2n) is 5.82. The van der Waals surface area contributed by atoms with Gasteiger partial charge in [0, 0.05) is 12.6 Å². The monoisotopic (exact) mass is 310 g/mol. The van der Waals surface area contributed by atoms with Crippen LogP contribution in [0.3, 0.4) is 0 Å². The van der Waals surface area contributed by atoms with Crippen molar-refractivity contribution in [3.63, 3.8) is 0 Å². The highest BCUT2D eigenvalue weighted by Crippen LogP contribution is 2.36. The summed E-state index contributed by atoms with van der Waals surface area (Å²) in [7, 11) is 0. The lowest BCUT2D eigenvalue weighted by Gasteiger charge is -2.08. The Morgan fingerprint density at radius 1 is 1.13 bits per heavy atom. The third-order valence-corrected chi connectivity index (χ3v) is 3.67. The maximum Gasteiger partial charge on any atom is 0.231 e. The Morgan fingerprint density at radius 2 is 1.87 bits per heavy atom. The molecular formula is C18H18N2O3. The number of carbonyl (C=O) groups is 1. The van der Waals surface area contributed by atoms with Crippen LogP contribution in [-0.4, -0.2) is 16.0 Å². The van der Waals surface area contributed by atoms with Gasteiger partial charge in [0.1, 0.15) is 11.3 Å². The van der Waals surface area contributed by atoms with Crippen LogP contribution in [0.5, 0.6) is 5.75 Å².